The van der Waals surface area contributed by atoms with Gasteiger partial charge in [0.15, 0.2) is 0 Å². The summed E-state index contributed by atoms with van der Waals surface area (Å²) in [4.78, 5) is 9.77. The molecular formula is C23H25N3OS. The molecule has 5 rings (SSSR count). The van der Waals surface area contributed by atoms with Gasteiger partial charge in [-0.25, -0.2) is 0 Å². The van der Waals surface area contributed by atoms with E-state index in [0.717, 1.165) is 61.9 Å². The van der Waals surface area contributed by atoms with Crippen LogP contribution in [0, 0.1) is 0 Å². The Morgan fingerprint density at radius 2 is 1.79 bits per heavy atom. The molecule has 28 heavy (non-hydrogen) atoms. The van der Waals surface area contributed by atoms with Crippen LogP contribution in [0.4, 0.5) is 5.69 Å². The second-order valence-corrected chi connectivity index (χ2v) is 9.40. The van der Waals surface area contributed by atoms with Crippen molar-refractivity contribution in [2.45, 2.75) is 19.5 Å². The molecule has 5 heteroatoms. The lowest BCUT2D eigenvalue weighted by Crippen LogP contribution is -2.38. The second-order valence-electron chi connectivity index (χ2n) is 7.71. The van der Waals surface area contributed by atoms with Crippen LogP contribution in [0.3, 0.4) is 0 Å². The standard InChI is InChI=1S/C23H25N3OS/c27-28-14-12-26(13-15-28)23-7-3-5-19-16-25(17-21(19)23)11-10-20-9-8-18-4-1-2-6-22(18)24-20/h1-9H,10-17H2. The monoisotopic (exact) mass is 391 g/mol. The largest absolute Gasteiger partial charge is 0.369 e. The van der Waals surface area contributed by atoms with Crippen LogP contribution < -0.4 is 4.90 Å². The Morgan fingerprint density at radius 1 is 0.929 bits per heavy atom. The highest BCUT2D eigenvalue weighted by Gasteiger charge is 2.25. The van der Waals surface area contributed by atoms with Gasteiger partial charge in [-0.1, -0.05) is 36.4 Å². The Kier molecular flexibility index (Phi) is 4.87. The third-order valence-electron chi connectivity index (χ3n) is 5.88. The van der Waals surface area contributed by atoms with Gasteiger partial charge in [0.2, 0.25) is 0 Å². The molecule has 0 amide bonds. The Labute approximate surface area is 168 Å². The average molecular weight is 392 g/mol. The number of hydrogen-bond donors (Lipinski definition) is 0. The maximum Gasteiger partial charge on any atom is 0.0705 e. The summed E-state index contributed by atoms with van der Waals surface area (Å²) in [5, 5.41) is 1.20. The van der Waals surface area contributed by atoms with Gasteiger partial charge in [0.1, 0.15) is 0 Å². The van der Waals surface area contributed by atoms with Crippen LogP contribution in [0.5, 0.6) is 0 Å². The Bertz CT molecular complexity index is 1030. The van der Waals surface area contributed by atoms with Crippen LogP contribution >= 0.6 is 0 Å². The number of hydrogen-bond acceptors (Lipinski definition) is 4. The molecule has 0 N–H and O–H groups in total. The van der Waals surface area contributed by atoms with Crippen molar-refractivity contribution < 1.29 is 4.21 Å². The number of nitrogens with zero attached hydrogens (tertiary/aromatic N) is 3. The van der Waals surface area contributed by atoms with Gasteiger partial charge in [-0.05, 0) is 29.3 Å². The van der Waals surface area contributed by atoms with Crippen LogP contribution in [0.25, 0.3) is 10.9 Å². The van der Waals surface area contributed by atoms with Gasteiger partial charge in [-0.2, -0.15) is 0 Å². The van der Waals surface area contributed by atoms with Crippen LogP contribution in [-0.4, -0.2) is 45.2 Å². The number of aromatic nitrogens is 1. The number of para-hydroxylation sites is 1. The quantitative estimate of drug-likeness (QED) is 0.683. The summed E-state index contributed by atoms with van der Waals surface area (Å²) in [6.07, 6.45) is 0.969. The fourth-order valence-corrected chi connectivity index (χ4v) is 5.38. The summed E-state index contributed by atoms with van der Waals surface area (Å²) in [7, 11) is -0.633. The molecule has 2 aliphatic heterocycles. The van der Waals surface area contributed by atoms with Crippen molar-refractivity contribution in [3.05, 3.63) is 71.4 Å². The lowest BCUT2D eigenvalue weighted by molar-refractivity contribution is 0.287. The topological polar surface area (TPSA) is 36.4 Å². The Balaban J connectivity index is 1.27. The Hall–Kier alpha value is -2.24. The fourth-order valence-electron chi connectivity index (χ4n) is 4.33. The minimum Gasteiger partial charge on any atom is -0.369 e. The van der Waals surface area contributed by atoms with Crippen LogP contribution in [0.15, 0.2) is 54.6 Å². The zero-order chi connectivity index (χ0) is 18.9. The highest BCUT2D eigenvalue weighted by Crippen LogP contribution is 2.32. The zero-order valence-corrected chi connectivity index (χ0v) is 16.8. The van der Waals surface area contributed by atoms with E-state index in [9.17, 15) is 4.21 Å². The highest BCUT2D eigenvalue weighted by atomic mass is 32.2. The summed E-state index contributed by atoms with van der Waals surface area (Å²) in [5.41, 5.74) is 6.49. The SMILES string of the molecule is O=S1CCN(c2cccc3c2CN(CCc2ccc4ccccc4n2)C3)CC1. The maximum absolute atomic E-state index is 11.7. The van der Waals surface area contributed by atoms with Gasteiger partial charge in [0.25, 0.3) is 0 Å². The van der Waals surface area contributed by atoms with Crippen molar-refractivity contribution in [3.63, 3.8) is 0 Å². The van der Waals surface area contributed by atoms with E-state index in [2.05, 4.69) is 58.3 Å². The van der Waals surface area contributed by atoms with E-state index in [1.807, 2.05) is 6.07 Å². The van der Waals surface area contributed by atoms with Crippen LogP contribution in [0.1, 0.15) is 16.8 Å². The van der Waals surface area contributed by atoms with E-state index in [1.165, 1.54) is 22.2 Å². The minimum atomic E-state index is -0.633. The van der Waals surface area contributed by atoms with Crippen LogP contribution in [-0.2, 0) is 30.3 Å². The molecule has 3 aromatic rings. The van der Waals surface area contributed by atoms with Crippen LogP contribution in [0.2, 0.25) is 0 Å². The molecule has 1 aromatic heterocycles. The molecule has 2 aliphatic rings. The highest BCUT2D eigenvalue weighted by molar-refractivity contribution is 7.85. The van der Waals surface area contributed by atoms with Gasteiger partial charge >= 0.3 is 0 Å². The van der Waals surface area contributed by atoms with Gasteiger partial charge in [-0.15, -0.1) is 0 Å². The fraction of sp³-hybridized carbons (Fsp3) is 0.348. The van der Waals surface area contributed by atoms with E-state index >= 15 is 0 Å². The number of anilines is 1. The molecule has 1 fully saturated rings. The number of rotatable bonds is 4. The van der Waals surface area contributed by atoms with Gasteiger partial charge in [0.05, 0.1) is 5.52 Å². The first kappa shape index (κ1) is 17.8. The Morgan fingerprint density at radius 3 is 2.68 bits per heavy atom. The third-order valence-corrected chi connectivity index (χ3v) is 7.16. The predicted molar refractivity (Wildman–Crippen MR) is 116 cm³/mol. The van der Waals surface area contributed by atoms with Crippen molar-refractivity contribution in [1.82, 2.24) is 9.88 Å². The summed E-state index contributed by atoms with van der Waals surface area (Å²) >= 11 is 0. The predicted octanol–water partition coefficient (Wildman–Crippen LogP) is 3.36. The summed E-state index contributed by atoms with van der Waals surface area (Å²) in [6, 6.07) is 19.3. The van der Waals surface area contributed by atoms with E-state index in [4.69, 9.17) is 4.98 Å². The van der Waals surface area contributed by atoms with Crippen molar-refractivity contribution >= 4 is 27.4 Å². The first-order valence-electron chi connectivity index (χ1n) is 10.0. The van der Waals surface area contributed by atoms with E-state index in [1.54, 1.807) is 0 Å². The summed E-state index contributed by atoms with van der Waals surface area (Å²) < 4.78 is 11.7. The van der Waals surface area contributed by atoms with E-state index in [-0.39, 0.29) is 0 Å². The molecule has 0 aliphatic carbocycles. The molecule has 3 heterocycles. The molecule has 4 nitrogen and oxygen atoms in total. The molecule has 0 bridgehead atoms. The van der Waals surface area contributed by atoms with Crippen molar-refractivity contribution in [2.24, 2.45) is 0 Å². The molecule has 2 aromatic carbocycles. The van der Waals surface area contributed by atoms with Gasteiger partial charge in [0, 0.05) is 78.2 Å². The molecule has 0 saturated carbocycles. The zero-order valence-electron chi connectivity index (χ0n) is 16.0. The normalized spacial score (nSPS) is 17.9. The van der Waals surface area contributed by atoms with Gasteiger partial charge in [-0.3, -0.25) is 14.1 Å². The van der Waals surface area contributed by atoms with Gasteiger partial charge < -0.3 is 4.90 Å². The number of benzene rings is 2. The molecule has 0 radical (unpaired) electrons. The van der Waals surface area contributed by atoms with E-state index in [0.29, 0.717) is 0 Å². The maximum atomic E-state index is 11.7. The van der Waals surface area contributed by atoms with Crippen molar-refractivity contribution in [1.29, 1.82) is 0 Å². The smallest absolute Gasteiger partial charge is 0.0705 e. The second kappa shape index (κ2) is 7.64. The summed E-state index contributed by atoms with van der Waals surface area (Å²) in [6.45, 7) is 4.84. The first-order chi connectivity index (χ1) is 13.8. The molecule has 144 valence electrons. The van der Waals surface area contributed by atoms with Crippen molar-refractivity contribution in [2.75, 3.05) is 36.0 Å². The van der Waals surface area contributed by atoms with Crippen molar-refractivity contribution in [3.8, 4) is 0 Å². The average Bonchev–Trinajstić information content (AvgIpc) is 3.16. The molecular weight excluding hydrogens is 366 g/mol. The first-order valence-corrected chi connectivity index (χ1v) is 11.5. The minimum absolute atomic E-state index is 0.633. The third kappa shape index (κ3) is 3.56. The number of fused-ring (bicyclic) bond motifs is 2. The lowest BCUT2D eigenvalue weighted by Gasteiger charge is -2.30. The lowest BCUT2D eigenvalue weighted by atomic mass is 10.1. The molecule has 0 atom stereocenters. The molecule has 0 spiro atoms. The molecule has 1 saturated heterocycles. The number of pyridine rings is 1. The molecule has 0 unspecified atom stereocenters. The van der Waals surface area contributed by atoms with E-state index < -0.39 is 10.8 Å². The summed E-state index contributed by atoms with van der Waals surface area (Å²) in [5.74, 6) is 1.59.